The predicted octanol–water partition coefficient (Wildman–Crippen LogP) is 1.61. The van der Waals surface area contributed by atoms with Crippen LogP contribution >= 0.6 is 11.3 Å². The Morgan fingerprint density at radius 3 is 2.36 bits per heavy atom. The van der Waals surface area contributed by atoms with Crippen LogP contribution in [0.15, 0.2) is 17.5 Å². The van der Waals surface area contributed by atoms with Crippen LogP contribution in [0, 0.1) is 0 Å². The third-order valence-electron chi connectivity index (χ3n) is 3.93. The lowest BCUT2D eigenvalue weighted by Gasteiger charge is -2.35. The molecule has 1 amide bonds. The van der Waals surface area contributed by atoms with E-state index in [1.165, 1.54) is 4.88 Å². The zero-order valence-electron chi connectivity index (χ0n) is 13.4. The Bertz CT molecular complexity index is 595. The number of rotatable bonds is 4. The number of sulfone groups is 1. The van der Waals surface area contributed by atoms with Gasteiger partial charge in [0.05, 0.1) is 4.75 Å². The molecular weight excluding hydrogens is 320 g/mol. The van der Waals surface area contributed by atoms with Crippen LogP contribution in [-0.4, -0.2) is 60.8 Å². The van der Waals surface area contributed by atoms with Crippen LogP contribution in [0.25, 0.3) is 0 Å². The van der Waals surface area contributed by atoms with E-state index in [2.05, 4.69) is 16.3 Å². The van der Waals surface area contributed by atoms with Gasteiger partial charge in [-0.15, -0.1) is 11.3 Å². The van der Waals surface area contributed by atoms with E-state index < -0.39 is 14.6 Å². The SMILES string of the molecule is CC(C)(C)S(=O)(=O)CC(=O)N1CCN(Cc2cccs2)CC1. The first-order valence-electron chi connectivity index (χ1n) is 7.44. The van der Waals surface area contributed by atoms with E-state index in [1.807, 2.05) is 6.07 Å². The highest BCUT2D eigenvalue weighted by molar-refractivity contribution is 7.93. The van der Waals surface area contributed by atoms with Gasteiger partial charge in [-0.2, -0.15) is 0 Å². The lowest BCUT2D eigenvalue weighted by molar-refractivity contribution is -0.130. The highest BCUT2D eigenvalue weighted by Gasteiger charge is 2.33. The molecule has 0 radical (unpaired) electrons. The molecule has 0 spiro atoms. The lowest BCUT2D eigenvalue weighted by Crippen LogP contribution is -2.50. The summed E-state index contributed by atoms with van der Waals surface area (Å²) >= 11 is 1.73. The van der Waals surface area contributed by atoms with Gasteiger partial charge in [0.25, 0.3) is 0 Å². The van der Waals surface area contributed by atoms with Gasteiger partial charge in [-0.25, -0.2) is 8.42 Å². The standard InChI is InChI=1S/C15H24N2O3S2/c1-15(2,3)22(19,20)12-14(18)17-8-6-16(7-9-17)11-13-5-4-10-21-13/h4-5,10H,6-9,11-12H2,1-3H3. The van der Waals surface area contributed by atoms with Crippen molar-refractivity contribution in [3.8, 4) is 0 Å². The first-order chi connectivity index (χ1) is 10.2. The van der Waals surface area contributed by atoms with Crippen LogP contribution in [0.2, 0.25) is 0 Å². The molecule has 0 bridgehead atoms. The fourth-order valence-electron chi connectivity index (χ4n) is 2.25. The van der Waals surface area contributed by atoms with E-state index in [9.17, 15) is 13.2 Å². The highest BCUT2D eigenvalue weighted by Crippen LogP contribution is 2.17. The number of thiophene rings is 1. The van der Waals surface area contributed by atoms with Crippen molar-refractivity contribution in [2.45, 2.75) is 32.1 Å². The topological polar surface area (TPSA) is 57.7 Å². The maximum absolute atomic E-state index is 12.2. The van der Waals surface area contributed by atoms with Gasteiger partial charge >= 0.3 is 0 Å². The number of piperazine rings is 1. The molecule has 0 saturated carbocycles. The van der Waals surface area contributed by atoms with Gasteiger partial charge < -0.3 is 4.90 Å². The lowest BCUT2D eigenvalue weighted by atomic mass is 10.3. The maximum Gasteiger partial charge on any atom is 0.237 e. The van der Waals surface area contributed by atoms with E-state index >= 15 is 0 Å². The molecule has 0 aromatic carbocycles. The Hall–Kier alpha value is -0.920. The van der Waals surface area contributed by atoms with Crippen molar-refractivity contribution in [2.75, 3.05) is 31.9 Å². The summed E-state index contributed by atoms with van der Waals surface area (Å²) in [6.45, 7) is 8.59. The minimum atomic E-state index is -3.40. The molecule has 1 saturated heterocycles. The Balaban J connectivity index is 1.85. The predicted molar refractivity (Wildman–Crippen MR) is 89.7 cm³/mol. The maximum atomic E-state index is 12.2. The normalized spacial score (nSPS) is 17.7. The molecule has 1 aliphatic heterocycles. The molecule has 1 aromatic rings. The number of amides is 1. The molecule has 0 unspecified atom stereocenters. The minimum absolute atomic E-state index is 0.273. The van der Waals surface area contributed by atoms with Crippen molar-refractivity contribution in [3.63, 3.8) is 0 Å². The number of hydrogen-bond donors (Lipinski definition) is 0. The number of nitrogens with zero attached hydrogens (tertiary/aromatic N) is 2. The molecule has 124 valence electrons. The second kappa shape index (κ2) is 6.68. The van der Waals surface area contributed by atoms with Crippen LogP contribution in [0.1, 0.15) is 25.6 Å². The average molecular weight is 345 g/mol. The Labute approximate surface area is 136 Å². The fourth-order valence-corrected chi connectivity index (χ4v) is 3.94. The van der Waals surface area contributed by atoms with E-state index in [0.29, 0.717) is 13.1 Å². The van der Waals surface area contributed by atoms with Gasteiger partial charge in [0.15, 0.2) is 9.84 Å². The highest BCUT2D eigenvalue weighted by atomic mass is 32.2. The Morgan fingerprint density at radius 1 is 1.23 bits per heavy atom. The van der Waals surface area contributed by atoms with Gasteiger partial charge in [-0.05, 0) is 32.2 Å². The summed E-state index contributed by atoms with van der Waals surface area (Å²) in [5.41, 5.74) is 0. The van der Waals surface area contributed by atoms with Crippen molar-refractivity contribution in [3.05, 3.63) is 22.4 Å². The molecule has 0 N–H and O–H groups in total. The molecule has 2 rings (SSSR count). The third-order valence-corrected chi connectivity index (χ3v) is 7.29. The van der Waals surface area contributed by atoms with Crippen LogP contribution in [0.4, 0.5) is 0 Å². The number of carbonyl (C=O) groups excluding carboxylic acids is 1. The summed E-state index contributed by atoms with van der Waals surface area (Å²) in [4.78, 5) is 17.5. The summed E-state index contributed by atoms with van der Waals surface area (Å²) < 4.78 is 23.4. The van der Waals surface area contributed by atoms with E-state index in [1.54, 1.807) is 37.0 Å². The van der Waals surface area contributed by atoms with E-state index in [0.717, 1.165) is 19.6 Å². The first-order valence-corrected chi connectivity index (χ1v) is 9.97. The average Bonchev–Trinajstić information content (AvgIpc) is 2.90. The minimum Gasteiger partial charge on any atom is -0.339 e. The summed E-state index contributed by atoms with van der Waals surface area (Å²) in [5.74, 6) is -0.660. The van der Waals surface area contributed by atoms with Crippen molar-refractivity contribution in [1.82, 2.24) is 9.80 Å². The van der Waals surface area contributed by atoms with Crippen LogP contribution in [0.3, 0.4) is 0 Å². The molecule has 0 aliphatic carbocycles. The molecule has 22 heavy (non-hydrogen) atoms. The largest absolute Gasteiger partial charge is 0.339 e. The zero-order chi connectivity index (χ0) is 16.4. The molecule has 0 atom stereocenters. The summed E-state index contributed by atoms with van der Waals surface area (Å²) in [7, 11) is -3.40. The Kier molecular flexibility index (Phi) is 5.29. The second-order valence-electron chi connectivity index (χ2n) is 6.61. The molecule has 7 heteroatoms. The van der Waals surface area contributed by atoms with Crippen molar-refractivity contribution in [1.29, 1.82) is 0 Å². The van der Waals surface area contributed by atoms with Gasteiger partial charge in [-0.1, -0.05) is 6.07 Å². The number of hydrogen-bond acceptors (Lipinski definition) is 5. The van der Waals surface area contributed by atoms with E-state index in [-0.39, 0.29) is 11.7 Å². The van der Waals surface area contributed by atoms with Gasteiger partial charge in [0.2, 0.25) is 5.91 Å². The van der Waals surface area contributed by atoms with Crippen LogP contribution in [0.5, 0.6) is 0 Å². The molecule has 1 aromatic heterocycles. The summed E-state index contributed by atoms with van der Waals surface area (Å²) in [6, 6.07) is 4.15. The van der Waals surface area contributed by atoms with Gasteiger partial charge in [-0.3, -0.25) is 9.69 Å². The van der Waals surface area contributed by atoms with Crippen LogP contribution < -0.4 is 0 Å². The van der Waals surface area contributed by atoms with Gasteiger partial charge in [0, 0.05) is 37.6 Å². The van der Waals surface area contributed by atoms with Crippen molar-refractivity contribution < 1.29 is 13.2 Å². The van der Waals surface area contributed by atoms with Crippen molar-refractivity contribution >= 4 is 27.1 Å². The summed E-state index contributed by atoms with van der Waals surface area (Å²) in [6.07, 6.45) is 0. The monoisotopic (exact) mass is 344 g/mol. The molecule has 1 fully saturated rings. The quantitative estimate of drug-likeness (QED) is 0.833. The Morgan fingerprint density at radius 2 is 1.86 bits per heavy atom. The smallest absolute Gasteiger partial charge is 0.237 e. The second-order valence-corrected chi connectivity index (χ2v) is 10.4. The molecule has 5 nitrogen and oxygen atoms in total. The van der Waals surface area contributed by atoms with Crippen LogP contribution in [-0.2, 0) is 21.2 Å². The fraction of sp³-hybridized carbons (Fsp3) is 0.667. The number of carbonyl (C=O) groups is 1. The third kappa shape index (κ3) is 4.30. The molecule has 2 heterocycles. The van der Waals surface area contributed by atoms with Gasteiger partial charge in [0.1, 0.15) is 5.75 Å². The zero-order valence-corrected chi connectivity index (χ0v) is 15.0. The first kappa shape index (κ1) is 17.4. The summed E-state index contributed by atoms with van der Waals surface area (Å²) in [5, 5.41) is 2.06. The molecular formula is C15H24N2O3S2. The van der Waals surface area contributed by atoms with Crippen molar-refractivity contribution in [2.24, 2.45) is 0 Å². The van der Waals surface area contributed by atoms with E-state index in [4.69, 9.17) is 0 Å². The molecule has 1 aliphatic rings.